The summed E-state index contributed by atoms with van der Waals surface area (Å²) in [5, 5.41) is 9.23. The van der Waals surface area contributed by atoms with Crippen LogP contribution in [0.5, 0.6) is 5.75 Å². The number of benzene rings is 1. The second kappa shape index (κ2) is 5.69. The summed E-state index contributed by atoms with van der Waals surface area (Å²) in [7, 11) is 0. The van der Waals surface area contributed by atoms with Crippen LogP contribution < -0.4 is 21.5 Å². The normalized spacial score (nSPS) is 10.0. The van der Waals surface area contributed by atoms with Gasteiger partial charge in [-0.25, -0.2) is 4.63 Å². The number of nitrogens with two attached hydrogens (primary N) is 2. The van der Waals surface area contributed by atoms with Crippen LogP contribution in [0.15, 0.2) is 28.9 Å². The summed E-state index contributed by atoms with van der Waals surface area (Å²) in [6, 6.07) is 6.31. The van der Waals surface area contributed by atoms with Gasteiger partial charge in [-0.1, -0.05) is 0 Å². The zero-order chi connectivity index (χ0) is 14.5. The third kappa shape index (κ3) is 3.22. The molecule has 2 aromatic rings. The number of nitrogens with one attached hydrogen (secondary N) is 1. The van der Waals surface area contributed by atoms with Crippen molar-refractivity contribution in [2.45, 2.75) is 0 Å². The monoisotopic (exact) mass is 277 g/mol. The summed E-state index contributed by atoms with van der Waals surface area (Å²) >= 11 is 0. The Balaban J connectivity index is 1.99. The van der Waals surface area contributed by atoms with Gasteiger partial charge < -0.3 is 21.5 Å². The summed E-state index contributed by atoms with van der Waals surface area (Å²) in [5.41, 5.74) is 10.7. The van der Waals surface area contributed by atoms with Crippen molar-refractivity contribution in [3.05, 3.63) is 30.0 Å². The maximum Gasteiger partial charge on any atom is 0.281 e. The van der Waals surface area contributed by atoms with Crippen LogP contribution in [0.3, 0.4) is 0 Å². The molecular formula is C11H11N5O4. The van der Waals surface area contributed by atoms with Crippen LogP contribution in [0.2, 0.25) is 0 Å². The molecule has 0 atom stereocenters. The minimum absolute atomic E-state index is 0.0936. The third-order valence-corrected chi connectivity index (χ3v) is 2.22. The summed E-state index contributed by atoms with van der Waals surface area (Å²) in [5.74, 6) is -0.765. The van der Waals surface area contributed by atoms with Gasteiger partial charge in [-0.15, -0.1) is 0 Å². The Morgan fingerprint density at radius 1 is 1.25 bits per heavy atom. The summed E-state index contributed by atoms with van der Waals surface area (Å²) in [4.78, 5) is 22.3. The van der Waals surface area contributed by atoms with Crippen molar-refractivity contribution in [1.29, 1.82) is 0 Å². The van der Waals surface area contributed by atoms with E-state index < -0.39 is 11.8 Å². The highest BCUT2D eigenvalue weighted by molar-refractivity contribution is 6.05. The minimum atomic E-state index is -0.573. The topological polar surface area (TPSA) is 146 Å². The molecule has 104 valence electrons. The largest absolute Gasteiger partial charge is 0.484 e. The SMILES string of the molecule is NC(=O)COc1ccc(NC(=O)c2nonc2N)cc1. The molecule has 20 heavy (non-hydrogen) atoms. The Labute approximate surface area is 112 Å². The number of amides is 2. The number of aromatic nitrogens is 2. The first kappa shape index (κ1) is 13.3. The van der Waals surface area contributed by atoms with Crippen molar-refractivity contribution in [1.82, 2.24) is 10.3 Å². The van der Waals surface area contributed by atoms with Gasteiger partial charge in [0.2, 0.25) is 11.5 Å². The molecule has 0 aliphatic carbocycles. The molecule has 0 aliphatic rings. The predicted molar refractivity (Wildman–Crippen MR) is 67.8 cm³/mol. The van der Waals surface area contributed by atoms with Gasteiger partial charge in [-0.2, -0.15) is 0 Å². The first-order valence-corrected chi connectivity index (χ1v) is 5.47. The van der Waals surface area contributed by atoms with Crippen molar-refractivity contribution in [3.63, 3.8) is 0 Å². The van der Waals surface area contributed by atoms with Crippen LogP contribution in [0.25, 0.3) is 0 Å². The number of ether oxygens (including phenoxy) is 1. The van der Waals surface area contributed by atoms with E-state index in [1.54, 1.807) is 24.3 Å². The van der Waals surface area contributed by atoms with Crippen molar-refractivity contribution in [3.8, 4) is 5.75 Å². The molecule has 0 saturated heterocycles. The van der Waals surface area contributed by atoms with E-state index in [0.717, 1.165) is 0 Å². The summed E-state index contributed by atoms with van der Waals surface area (Å²) in [6.45, 7) is -0.215. The average molecular weight is 277 g/mol. The molecule has 1 aromatic heterocycles. The van der Waals surface area contributed by atoms with Crippen LogP contribution in [0.4, 0.5) is 11.5 Å². The molecule has 9 nitrogen and oxygen atoms in total. The average Bonchev–Trinajstić information content (AvgIpc) is 2.84. The number of nitrogens with zero attached hydrogens (tertiary/aromatic N) is 2. The number of hydrogen-bond donors (Lipinski definition) is 3. The van der Waals surface area contributed by atoms with E-state index >= 15 is 0 Å². The first-order chi connectivity index (χ1) is 9.56. The molecule has 2 rings (SSSR count). The van der Waals surface area contributed by atoms with E-state index in [1.807, 2.05) is 0 Å². The molecule has 0 spiro atoms. The molecule has 2 amide bonds. The molecule has 9 heteroatoms. The van der Waals surface area contributed by atoms with Gasteiger partial charge in [-0.3, -0.25) is 9.59 Å². The van der Waals surface area contributed by atoms with E-state index in [1.165, 1.54) is 0 Å². The first-order valence-electron chi connectivity index (χ1n) is 5.47. The molecular weight excluding hydrogens is 266 g/mol. The van der Waals surface area contributed by atoms with Crippen LogP contribution in [-0.2, 0) is 4.79 Å². The Morgan fingerprint density at radius 2 is 1.95 bits per heavy atom. The van der Waals surface area contributed by atoms with E-state index in [9.17, 15) is 9.59 Å². The lowest BCUT2D eigenvalue weighted by Crippen LogP contribution is -2.20. The molecule has 0 radical (unpaired) electrons. The molecule has 0 aliphatic heterocycles. The molecule has 0 unspecified atom stereocenters. The number of anilines is 2. The van der Waals surface area contributed by atoms with Gasteiger partial charge in [0.25, 0.3) is 11.8 Å². The Hall–Kier alpha value is -3.10. The van der Waals surface area contributed by atoms with Crippen LogP contribution in [-0.4, -0.2) is 28.7 Å². The number of nitrogen functional groups attached to an aromatic ring is 1. The lowest BCUT2D eigenvalue weighted by Gasteiger charge is -2.06. The lowest BCUT2D eigenvalue weighted by molar-refractivity contribution is -0.119. The van der Waals surface area contributed by atoms with Gasteiger partial charge in [0, 0.05) is 5.69 Å². The van der Waals surface area contributed by atoms with E-state index in [0.29, 0.717) is 11.4 Å². The van der Waals surface area contributed by atoms with Gasteiger partial charge in [0.1, 0.15) is 5.75 Å². The van der Waals surface area contributed by atoms with E-state index in [2.05, 4.69) is 20.3 Å². The highest BCUT2D eigenvalue weighted by Gasteiger charge is 2.15. The smallest absolute Gasteiger partial charge is 0.281 e. The standard InChI is InChI=1S/C11H11N5O4/c12-8(17)5-19-7-3-1-6(2-4-7)14-11(18)9-10(13)16-20-15-9/h1-4H,5H2,(H2,12,17)(H2,13,16)(H,14,18). The fourth-order valence-corrected chi connectivity index (χ4v) is 1.33. The Bertz CT molecular complexity index is 622. The summed E-state index contributed by atoms with van der Waals surface area (Å²) in [6.07, 6.45) is 0. The second-order valence-electron chi connectivity index (χ2n) is 3.73. The van der Waals surface area contributed by atoms with Crippen molar-refractivity contribution in [2.75, 3.05) is 17.7 Å². The lowest BCUT2D eigenvalue weighted by atomic mass is 10.3. The highest BCUT2D eigenvalue weighted by Crippen LogP contribution is 2.16. The third-order valence-electron chi connectivity index (χ3n) is 2.22. The Morgan fingerprint density at radius 3 is 2.50 bits per heavy atom. The molecule has 0 bridgehead atoms. The zero-order valence-electron chi connectivity index (χ0n) is 10.2. The van der Waals surface area contributed by atoms with Gasteiger partial charge in [0.05, 0.1) is 0 Å². The maximum atomic E-state index is 11.7. The van der Waals surface area contributed by atoms with Crippen molar-refractivity contribution in [2.24, 2.45) is 5.73 Å². The fourth-order valence-electron chi connectivity index (χ4n) is 1.33. The van der Waals surface area contributed by atoms with Crippen LogP contribution in [0.1, 0.15) is 10.5 Å². The molecule has 1 heterocycles. The van der Waals surface area contributed by atoms with Gasteiger partial charge >= 0.3 is 0 Å². The molecule has 1 aromatic carbocycles. The Kier molecular flexibility index (Phi) is 3.80. The maximum absolute atomic E-state index is 11.7. The number of rotatable bonds is 5. The van der Waals surface area contributed by atoms with Gasteiger partial charge in [0.15, 0.2) is 6.61 Å². The van der Waals surface area contributed by atoms with Crippen LogP contribution >= 0.6 is 0 Å². The molecule has 0 saturated carbocycles. The fraction of sp³-hybridized carbons (Fsp3) is 0.0909. The number of hydrogen-bond acceptors (Lipinski definition) is 7. The van der Waals surface area contributed by atoms with Crippen molar-refractivity contribution >= 4 is 23.3 Å². The number of primary amides is 1. The number of carbonyl (C=O) groups is 2. The predicted octanol–water partition coefficient (Wildman–Crippen LogP) is -0.232. The molecule has 5 N–H and O–H groups in total. The minimum Gasteiger partial charge on any atom is -0.484 e. The quantitative estimate of drug-likeness (QED) is 0.683. The second-order valence-corrected chi connectivity index (χ2v) is 3.73. The summed E-state index contributed by atoms with van der Waals surface area (Å²) < 4.78 is 9.40. The van der Waals surface area contributed by atoms with E-state index in [4.69, 9.17) is 16.2 Å². The van der Waals surface area contributed by atoms with E-state index in [-0.39, 0.29) is 18.1 Å². The highest BCUT2D eigenvalue weighted by atomic mass is 16.6. The van der Waals surface area contributed by atoms with Crippen molar-refractivity contribution < 1.29 is 19.0 Å². The zero-order valence-corrected chi connectivity index (χ0v) is 10.2. The van der Waals surface area contributed by atoms with Gasteiger partial charge in [-0.05, 0) is 34.6 Å². The molecule has 0 fully saturated rings. The van der Waals surface area contributed by atoms with Crippen LogP contribution in [0, 0.1) is 0 Å². The number of carbonyl (C=O) groups excluding carboxylic acids is 2.